The highest BCUT2D eigenvalue weighted by Crippen LogP contribution is 2.25. The molecule has 0 aliphatic carbocycles. The van der Waals surface area contributed by atoms with Crippen molar-refractivity contribution in [2.24, 2.45) is 0 Å². The lowest BCUT2D eigenvalue weighted by Crippen LogP contribution is -2.22. The van der Waals surface area contributed by atoms with Gasteiger partial charge < -0.3 is 5.32 Å². The number of rotatable bonds is 4. The van der Waals surface area contributed by atoms with Crippen LogP contribution in [0.3, 0.4) is 0 Å². The van der Waals surface area contributed by atoms with E-state index in [4.69, 9.17) is 0 Å². The van der Waals surface area contributed by atoms with Gasteiger partial charge in [-0.25, -0.2) is 4.39 Å². The molecule has 21 heavy (non-hydrogen) atoms. The fourth-order valence-corrected chi connectivity index (χ4v) is 2.85. The molecule has 0 saturated heterocycles. The quantitative estimate of drug-likeness (QED) is 0.839. The van der Waals surface area contributed by atoms with E-state index in [0.29, 0.717) is 11.3 Å². The second-order valence-corrected chi connectivity index (χ2v) is 6.44. The third-order valence-electron chi connectivity index (χ3n) is 3.11. The van der Waals surface area contributed by atoms with Gasteiger partial charge in [0, 0.05) is 10.6 Å². The number of carbonyl (C=O) groups is 1. The molecule has 2 aromatic rings. The SMILES string of the molecule is Cc1cccc(SC(C)C(=O)Nc2ccc(C)c(F)c2)c1. The largest absolute Gasteiger partial charge is 0.325 e. The van der Waals surface area contributed by atoms with E-state index in [0.717, 1.165) is 10.5 Å². The first-order valence-electron chi connectivity index (χ1n) is 6.76. The topological polar surface area (TPSA) is 29.1 Å². The summed E-state index contributed by atoms with van der Waals surface area (Å²) >= 11 is 1.49. The third kappa shape index (κ3) is 4.33. The Morgan fingerprint density at radius 1 is 1.19 bits per heavy atom. The van der Waals surface area contributed by atoms with Crippen molar-refractivity contribution in [3.05, 3.63) is 59.4 Å². The number of carbonyl (C=O) groups excluding carboxylic acids is 1. The molecule has 2 nitrogen and oxygen atoms in total. The minimum atomic E-state index is -0.313. The number of hydrogen-bond donors (Lipinski definition) is 1. The Morgan fingerprint density at radius 3 is 2.62 bits per heavy atom. The summed E-state index contributed by atoms with van der Waals surface area (Å²) in [5, 5.41) is 2.49. The van der Waals surface area contributed by atoms with Gasteiger partial charge in [-0.15, -0.1) is 11.8 Å². The van der Waals surface area contributed by atoms with Crippen LogP contribution in [0.15, 0.2) is 47.4 Å². The highest BCUT2D eigenvalue weighted by Gasteiger charge is 2.15. The Labute approximate surface area is 128 Å². The lowest BCUT2D eigenvalue weighted by atomic mass is 10.2. The highest BCUT2D eigenvalue weighted by molar-refractivity contribution is 8.00. The molecule has 110 valence electrons. The van der Waals surface area contributed by atoms with Crippen LogP contribution in [0.4, 0.5) is 10.1 Å². The van der Waals surface area contributed by atoms with E-state index in [1.165, 1.54) is 17.8 Å². The van der Waals surface area contributed by atoms with Crippen molar-refractivity contribution < 1.29 is 9.18 Å². The van der Waals surface area contributed by atoms with E-state index in [-0.39, 0.29) is 17.0 Å². The first-order chi connectivity index (χ1) is 9.95. The molecule has 0 fully saturated rings. The predicted octanol–water partition coefficient (Wildman–Crippen LogP) is 4.56. The molecule has 2 rings (SSSR count). The van der Waals surface area contributed by atoms with Crippen LogP contribution < -0.4 is 5.32 Å². The number of thioether (sulfide) groups is 1. The molecule has 0 spiro atoms. The average molecular weight is 303 g/mol. The zero-order chi connectivity index (χ0) is 15.4. The molecule has 0 bridgehead atoms. The number of nitrogens with one attached hydrogen (secondary N) is 1. The Hall–Kier alpha value is -1.81. The zero-order valence-corrected chi connectivity index (χ0v) is 13.1. The van der Waals surface area contributed by atoms with Crippen molar-refractivity contribution >= 4 is 23.4 Å². The summed E-state index contributed by atoms with van der Waals surface area (Å²) in [5.74, 6) is -0.448. The van der Waals surface area contributed by atoms with Crippen molar-refractivity contribution in [2.75, 3.05) is 5.32 Å². The summed E-state index contributed by atoms with van der Waals surface area (Å²) in [6.45, 7) is 5.55. The summed E-state index contributed by atoms with van der Waals surface area (Å²) in [6.07, 6.45) is 0. The van der Waals surface area contributed by atoms with Crippen LogP contribution in [0.1, 0.15) is 18.1 Å². The molecule has 1 amide bonds. The number of aryl methyl sites for hydroxylation is 2. The van der Waals surface area contributed by atoms with Crippen LogP contribution in [-0.2, 0) is 4.79 Å². The van der Waals surface area contributed by atoms with Crippen LogP contribution in [0.5, 0.6) is 0 Å². The highest BCUT2D eigenvalue weighted by atomic mass is 32.2. The second kappa shape index (κ2) is 6.76. The molecule has 0 aromatic heterocycles. The monoisotopic (exact) mass is 303 g/mol. The van der Waals surface area contributed by atoms with Gasteiger partial charge in [0.1, 0.15) is 5.82 Å². The molecular formula is C17H18FNOS. The summed E-state index contributed by atoms with van der Waals surface area (Å²) in [6, 6.07) is 12.7. The zero-order valence-electron chi connectivity index (χ0n) is 12.3. The fraction of sp³-hybridized carbons (Fsp3) is 0.235. The van der Waals surface area contributed by atoms with Crippen LogP contribution >= 0.6 is 11.8 Å². The number of amides is 1. The van der Waals surface area contributed by atoms with E-state index in [9.17, 15) is 9.18 Å². The van der Waals surface area contributed by atoms with Gasteiger partial charge in [0.05, 0.1) is 5.25 Å². The standard InChI is InChI=1S/C17H18FNOS/c1-11-5-4-6-15(9-11)21-13(3)17(20)19-14-8-7-12(2)16(18)10-14/h4-10,13H,1-3H3,(H,19,20). The molecule has 1 unspecified atom stereocenters. The predicted molar refractivity (Wildman–Crippen MR) is 86.3 cm³/mol. The fourth-order valence-electron chi connectivity index (χ4n) is 1.86. The Kier molecular flexibility index (Phi) is 5.02. The van der Waals surface area contributed by atoms with E-state index < -0.39 is 0 Å². The van der Waals surface area contributed by atoms with Crippen LogP contribution in [-0.4, -0.2) is 11.2 Å². The van der Waals surface area contributed by atoms with Gasteiger partial charge in [-0.3, -0.25) is 4.79 Å². The molecular weight excluding hydrogens is 285 g/mol. The average Bonchev–Trinajstić information content (AvgIpc) is 2.43. The maximum Gasteiger partial charge on any atom is 0.237 e. The van der Waals surface area contributed by atoms with Gasteiger partial charge in [-0.1, -0.05) is 23.8 Å². The molecule has 1 atom stereocenters. The molecule has 0 heterocycles. The summed E-state index contributed by atoms with van der Waals surface area (Å²) in [5.41, 5.74) is 2.21. The van der Waals surface area contributed by atoms with E-state index in [2.05, 4.69) is 5.32 Å². The number of hydrogen-bond acceptors (Lipinski definition) is 2. The molecule has 1 N–H and O–H groups in total. The van der Waals surface area contributed by atoms with Crippen LogP contribution in [0.25, 0.3) is 0 Å². The maximum atomic E-state index is 13.5. The van der Waals surface area contributed by atoms with Crippen molar-refractivity contribution in [1.29, 1.82) is 0 Å². The van der Waals surface area contributed by atoms with Crippen molar-refractivity contribution in [2.45, 2.75) is 30.9 Å². The molecule has 4 heteroatoms. The van der Waals surface area contributed by atoms with E-state index >= 15 is 0 Å². The van der Waals surface area contributed by atoms with Gasteiger partial charge in [0.25, 0.3) is 0 Å². The van der Waals surface area contributed by atoms with Crippen LogP contribution in [0.2, 0.25) is 0 Å². The van der Waals surface area contributed by atoms with Crippen molar-refractivity contribution in [3.8, 4) is 0 Å². The van der Waals surface area contributed by atoms with Crippen LogP contribution in [0, 0.1) is 19.7 Å². The maximum absolute atomic E-state index is 13.5. The Morgan fingerprint density at radius 2 is 1.95 bits per heavy atom. The van der Waals surface area contributed by atoms with Gasteiger partial charge in [-0.05, 0) is 50.6 Å². The van der Waals surface area contributed by atoms with Gasteiger partial charge in [0.2, 0.25) is 5.91 Å². The Bertz CT molecular complexity index is 657. The van der Waals surface area contributed by atoms with Gasteiger partial charge in [-0.2, -0.15) is 0 Å². The lowest BCUT2D eigenvalue weighted by molar-refractivity contribution is -0.115. The normalized spacial score (nSPS) is 12.0. The first kappa shape index (κ1) is 15.6. The van der Waals surface area contributed by atoms with E-state index in [1.54, 1.807) is 19.1 Å². The smallest absolute Gasteiger partial charge is 0.237 e. The molecule has 0 radical (unpaired) electrons. The van der Waals surface area contributed by atoms with E-state index in [1.807, 2.05) is 38.1 Å². The number of benzene rings is 2. The van der Waals surface area contributed by atoms with Gasteiger partial charge in [0.15, 0.2) is 0 Å². The van der Waals surface area contributed by atoms with Gasteiger partial charge >= 0.3 is 0 Å². The molecule has 0 saturated carbocycles. The Balaban J connectivity index is 2.00. The molecule has 0 aliphatic rings. The molecule has 0 aliphatic heterocycles. The number of halogens is 1. The summed E-state index contributed by atoms with van der Waals surface area (Å²) in [4.78, 5) is 13.2. The summed E-state index contributed by atoms with van der Waals surface area (Å²) < 4.78 is 13.5. The van der Waals surface area contributed by atoms with Crippen molar-refractivity contribution in [3.63, 3.8) is 0 Å². The minimum absolute atomic E-state index is 0.134. The second-order valence-electron chi connectivity index (χ2n) is 5.03. The number of anilines is 1. The minimum Gasteiger partial charge on any atom is -0.325 e. The molecule has 2 aromatic carbocycles. The third-order valence-corrected chi connectivity index (χ3v) is 4.20. The van der Waals surface area contributed by atoms with Crippen molar-refractivity contribution in [1.82, 2.24) is 0 Å². The lowest BCUT2D eigenvalue weighted by Gasteiger charge is -2.12. The summed E-state index contributed by atoms with van der Waals surface area (Å²) in [7, 11) is 0. The first-order valence-corrected chi connectivity index (χ1v) is 7.64.